The SMILES string of the molecule is Cn1nnnc1SCC1=C(C(=O)O)N2C(=O)C(NC(=O)CCCC(NC(=O)c3cccc(C(C)(C)C)c3)C(=O)O)[C@@H]2SC1. The van der Waals surface area contributed by atoms with Crippen LogP contribution < -0.4 is 10.6 Å². The number of nitrogens with zero attached hydrogens (tertiary/aromatic N) is 5. The lowest BCUT2D eigenvalue weighted by Gasteiger charge is -2.49. The van der Waals surface area contributed by atoms with Gasteiger partial charge in [-0.25, -0.2) is 14.3 Å². The van der Waals surface area contributed by atoms with Gasteiger partial charge in [-0.15, -0.1) is 16.9 Å². The van der Waals surface area contributed by atoms with Crippen LogP contribution in [0.1, 0.15) is 56.0 Å². The lowest BCUT2D eigenvalue weighted by Crippen LogP contribution is -2.70. The van der Waals surface area contributed by atoms with Crippen LogP contribution in [0.3, 0.4) is 0 Å². The van der Waals surface area contributed by atoms with Crippen LogP contribution in [0.25, 0.3) is 0 Å². The van der Waals surface area contributed by atoms with Gasteiger partial charge in [-0.05, 0) is 52.0 Å². The van der Waals surface area contributed by atoms with E-state index in [2.05, 4.69) is 26.2 Å². The maximum absolute atomic E-state index is 12.9. The Bertz CT molecular complexity index is 1470. The Labute approximate surface area is 256 Å². The van der Waals surface area contributed by atoms with E-state index < -0.39 is 47.1 Å². The molecule has 3 heterocycles. The number of hydrogen-bond acceptors (Lipinski definition) is 10. The predicted molar refractivity (Wildman–Crippen MR) is 157 cm³/mol. The molecule has 2 unspecified atom stereocenters. The number of carboxylic acid groups (broad SMARTS) is 2. The number of tetrazole rings is 1. The van der Waals surface area contributed by atoms with Crippen LogP contribution >= 0.6 is 23.5 Å². The predicted octanol–water partition coefficient (Wildman–Crippen LogP) is 1.39. The number of carboxylic acids is 2. The van der Waals surface area contributed by atoms with Gasteiger partial charge in [0.05, 0.1) is 0 Å². The molecular formula is C27H33N7O7S2. The Morgan fingerprint density at radius 2 is 1.95 bits per heavy atom. The average Bonchev–Trinajstić information content (AvgIpc) is 3.37. The van der Waals surface area contributed by atoms with E-state index in [0.29, 0.717) is 22.0 Å². The first-order valence-electron chi connectivity index (χ1n) is 13.5. The fraction of sp³-hybridized carbons (Fsp3) is 0.481. The van der Waals surface area contributed by atoms with E-state index in [1.165, 1.54) is 33.1 Å². The lowest BCUT2D eigenvalue weighted by molar-refractivity contribution is -0.150. The van der Waals surface area contributed by atoms with E-state index in [1.807, 2.05) is 26.8 Å². The summed E-state index contributed by atoms with van der Waals surface area (Å²) in [6.07, 6.45) is 0.0754. The summed E-state index contributed by atoms with van der Waals surface area (Å²) in [7, 11) is 1.66. The summed E-state index contributed by atoms with van der Waals surface area (Å²) in [6.45, 7) is 6.03. The first kappa shape index (κ1) is 32.0. The summed E-state index contributed by atoms with van der Waals surface area (Å²) in [4.78, 5) is 63.4. The number of thioether (sulfide) groups is 2. The van der Waals surface area contributed by atoms with Crippen molar-refractivity contribution in [1.82, 2.24) is 35.7 Å². The van der Waals surface area contributed by atoms with Gasteiger partial charge in [-0.2, -0.15) is 0 Å². The van der Waals surface area contributed by atoms with Crippen molar-refractivity contribution in [3.05, 3.63) is 46.7 Å². The van der Waals surface area contributed by atoms with Gasteiger partial charge in [-0.1, -0.05) is 44.7 Å². The molecule has 1 saturated heterocycles. The van der Waals surface area contributed by atoms with Gasteiger partial charge in [0.25, 0.3) is 11.8 Å². The third kappa shape index (κ3) is 7.36. The smallest absolute Gasteiger partial charge is 0.352 e. The molecule has 1 aromatic heterocycles. The van der Waals surface area contributed by atoms with Crippen molar-refractivity contribution < 1.29 is 34.2 Å². The Morgan fingerprint density at radius 1 is 1.21 bits per heavy atom. The topological polar surface area (TPSA) is 197 Å². The van der Waals surface area contributed by atoms with Crippen LogP contribution in [-0.2, 0) is 31.6 Å². The minimum absolute atomic E-state index is 0.00430. The molecule has 0 radical (unpaired) electrons. The number of aryl methyl sites for hydroxylation is 1. The molecular weight excluding hydrogens is 598 g/mol. The third-order valence-corrected chi connectivity index (χ3v) is 9.45. The maximum atomic E-state index is 12.9. The number of carbonyl (C=O) groups is 5. The number of carbonyl (C=O) groups excluding carboxylic acids is 3. The summed E-state index contributed by atoms with van der Waals surface area (Å²) in [6, 6.07) is 4.89. The summed E-state index contributed by atoms with van der Waals surface area (Å²) < 4.78 is 1.46. The fourth-order valence-corrected chi connectivity index (χ4v) is 6.96. The van der Waals surface area contributed by atoms with Crippen molar-refractivity contribution in [2.24, 2.45) is 7.05 Å². The third-order valence-electron chi connectivity index (χ3n) is 7.01. The van der Waals surface area contributed by atoms with E-state index in [9.17, 15) is 34.2 Å². The average molecular weight is 632 g/mol. The van der Waals surface area contributed by atoms with Gasteiger partial charge in [0.1, 0.15) is 23.2 Å². The van der Waals surface area contributed by atoms with E-state index >= 15 is 0 Å². The van der Waals surface area contributed by atoms with Crippen molar-refractivity contribution in [1.29, 1.82) is 0 Å². The monoisotopic (exact) mass is 631 g/mol. The standard InChI is InChI=1S/C27H33N7O7S2/c1-27(2,3)16-8-5-7-14(11-16)21(36)28-17(24(38)39)9-6-10-18(35)29-19-22(37)34-20(25(40)41)15(12-42-23(19)34)13-43-26-30-31-32-33(26)4/h5,7-8,11,17,19,23H,6,9-10,12-13H2,1-4H3,(H,28,36)(H,29,35)(H,38,39)(H,40,41)/t17?,19?,23-/m0/s1. The second kappa shape index (κ2) is 13.2. The quantitative estimate of drug-likeness (QED) is 0.194. The maximum Gasteiger partial charge on any atom is 0.352 e. The normalized spacial score (nSPS) is 18.9. The molecule has 3 amide bonds. The van der Waals surface area contributed by atoms with Crippen molar-refractivity contribution in [3.63, 3.8) is 0 Å². The fourth-order valence-electron chi connectivity index (χ4n) is 4.63. The van der Waals surface area contributed by atoms with Crippen molar-refractivity contribution in [2.75, 3.05) is 11.5 Å². The number of hydrogen-bond donors (Lipinski definition) is 4. The highest BCUT2D eigenvalue weighted by Crippen LogP contribution is 2.41. The lowest BCUT2D eigenvalue weighted by atomic mass is 9.86. The summed E-state index contributed by atoms with van der Waals surface area (Å²) in [5, 5.41) is 35.8. The summed E-state index contributed by atoms with van der Waals surface area (Å²) in [5.41, 5.74) is 1.54. The molecule has 0 aliphatic carbocycles. The molecule has 2 aromatic rings. The molecule has 0 saturated carbocycles. The van der Waals surface area contributed by atoms with Gasteiger partial charge in [-0.3, -0.25) is 19.3 Å². The van der Waals surface area contributed by atoms with E-state index in [4.69, 9.17) is 0 Å². The van der Waals surface area contributed by atoms with Crippen LogP contribution in [0.15, 0.2) is 40.7 Å². The number of aliphatic carboxylic acids is 2. The van der Waals surface area contributed by atoms with Gasteiger partial charge in [0.15, 0.2) is 0 Å². The van der Waals surface area contributed by atoms with E-state index in [-0.39, 0.29) is 36.1 Å². The highest BCUT2D eigenvalue weighted by atomic mass is 32.2. The first-order chi connectivity index (χ1) is 20.3. The molecule has 14 nitrogen and oxygen atoms in total. The van der Waals surface area contributed by atoms with Crippen LogP contribution in [0, 0.1) is 0 Å². The molecule has 16 heteroatoms. The molecule has 0 spiro atoms. The van der Waals surface area contributed by atoms with Crippen LogP contribution in [0.2, 0.25) is 0 Å². The largest absolute Gasteiger partial charge is 0.480 e. The molecule has 1 fully saturated rings. The minimum Gasteiger partial charge on any atom is -0.480 e. The Hall–Kier alpha value is -3.92. The second-order valence-corrected chi connectivity index (χ2v) is 13.2. The van der Waals surface area contributed by atoms with Crippen LogP contribution in [0.4, 0.5) is 0 Å². The van der Waals surface area contributed by atoms with Gasteiger partial charge in [0.2, 0.25) is 11.1 Å². The Morgan fingerprint density at radius 3 is 2.58 bits per heavy atom. The molecule has 3 atom stereocenters. The Balaban J connectivity index is 1.29. The zero-order valence-corrected chi connectivity index (χ0v) is 25.7. The zero-order valence-electron chi connectivity index (χ0n) is 24.1. The van der Waals surface area contributed by atoms with E-state index in [1.54, 1.807) is 25.2 Å². The molecule has 2 aliphatic heterocycles. The zero-order chi connectivity index (χ0) is 31.5. The number of fused-ring (bicyclic) bond motifs is 1. The Kier molecular flexibility index (Phi) is 9.79. The number of aromatic nitrogens is 4. The van der Waals surface area contributed by atoms with Gasteiger partial charge < -0.3 is 20.8 Å². The van der Waals surface area contributed by atoms with Crippen molar-refractivity contribution in [3.8, 4) is 0 Å². The molecule has 0 bridgehead atoms. The number of benzene rings is 1. The molecule has 43 heavy (non-hydrogen) atoms. The molecule has 4 rings (SSSR count). The summed E-state index contributed by atoms with van der Waals surface area (Å²) in [5.74, 6) is -3.35. The number of rotatable bonds is 12. The first-order valence-corrected chi connectivity index (χ1v) is 15.5. The van der Waals surface area contributed by atoms with Gasteiger partial charge >= 0.3 is 11.9 Å². The summed E-state index contributed by atoms with van der Waals surface area (Å²) >= 11 is 2.60. The van der Waals surface area contributed by atoms with Crippen molar-refractivity contribution >= 4 is 53.2 Å². The number of amides is 3. The highest BCUT2D eigenvalue weighted by Gasteiger charge is 2.54. The number of nitrogens with one attached hydrogen (secondary N) is 2. The number of β-lactam (4-membered cyclic amide) rings is 1. The van der Waals surface area contributed by atoms with E-state index in [0.717, 1.165) is 5.56 Å². The minimum atomic E-state index is -1.23. The van der Waals surface area contributed by atoms with Crippen LogP contribution in [0.5, 0.6) is 0 Å². The molecule has 2 aliphatic rings. The highest BCUT2D eigenvalue weighted by molar-refractivity contribution is 8.01. The molecule has 1 aromatic carbocycles. The molecule has 4 N–H and O–H groups in total. The van der Waals surface area contributed by atoms with Gasteiger partial charge in [0, 0.05) is 30.5 Å². The molecule has 230 valence electrons. The second-order valence-electron chi connectivity index (χ2n) is 11.2. The van der Waals surface area contributed by atoms with Crippen LogP contribution in [-0.4, -0.2) is 93.9 Å². The van der Waals surface area contributed by atoms with Crippen molar-refractivity contribution in [2.45, 2.75) is 68.1 Å².